The zero-order valence-corrected chi connectivity index (χ0v) is 8.02. The van der Waals surface area contributed by atoms with Gasteiger partial charge in [0.15, 0.2) is 0 Å². The van der Waals surface area contributed by atoms with Gasteiger partial charge >= 0.3 is 0 Å². The lowest BCUT2D eigenvalue weighted by molar-refractivity contribution is 0.585. The number of hydrogen-bond acceptors (Lipinski definition) is 3. The molecule has 2 heterocycles. The van der Waals surface area contributed by atoms with Gasteiger partial charge in [0.2, 0.25) is 5.95 Å². The van der Waals surface area contributed by atoms with Crippen molar-refractivity contribution in [2.45, 2.75) is 6.54 Å². The van der Waals surface area contributed by atoms with Crippen LogP contribution in [0.5, 0.6) is 0 Å². The Bertz CT molecular complexity index is 431. The molecule has 0 fully saturated rings. The molecule has 0 amide bonds. The highest BCUT2D eigenvalue weighted by molar-refractivity contribution is 5.34. The highest BCUT2D eigenvalue weighted by Crippen LogP contribution is 2.05. The predicted molar refractivity (Wildman–Crippen MR) is 55.8 cm³/mol. The normalized spacial score (nSPS) is 9.93. The van der Waals surface area contributed by atoms with Crippen molar-refractivity contribution in [2.24, 2.45) is 0 Å². The fourth-order valence-corrected chi connectivity index (χ4v) is 1.19. The average Bonchev–Trinajstić information content (AvgIpc) is 2.28. The van der Waals surface area contributed by atoms with Crippen LogP contribution in [0, 0.1) is 5.95 Å². The third-order valence-corrected chi connectivity index (χ3v) is 1.89. The van der Waals surface area contributed by atoms with Crippen LogP contribution in [0.15, 0.2) is 42.6 Å². The van der Waals surface area contributed by atoms with Crippen molar-refractivity contribution in [1.82, 2.24) is 9.97 Å². The highest BCUT2D eigenvalue weighted by Gasteiger charge is 1.96. The van der Waals surface area contributed by atoms with Gasteiger partial charge in [0.05, 0.1) is 12.2 Å². The van der Waals surface area contributed by atoms with Crippen molar-refractivity contribution >= 4 is 5.82 Å². The molecular weight excluding hydrogens is 193 g/mol. The highest BCUT2D eigenvalue weighted by atomic mass is 19.1. The first-order valence-corrected chi connectivity index (χ1v) is 4.61. The second-order valence-electron chi connectivity index (χ2n) is 3.02. The number of anilines is 1. The monoisotopic (exact) mass is 203 g/mol. The maximum atomic E-state index is 12.7. The maximum Gasteiger partial charge on any atom is 0.214 e. The maximum absolute atomic E-state index is 12.7. The molecule has 1 N–H and O–H groups in total. The minimum Gasteiger partial charge on any atom is -0.364 e. The van der Waals surface area contributed by atoms with E-state index in [1.807, 2.05) is 18.2 Å². The fourth-order valence-electron chi connectivity index (χ4n) is 1.19. The largest absolute Gasteiger partial charge is 0.364 e. The third-order valence-electron chi connectivity index (χ3n) is 1.89. The van der Waals surface area contributed by atoms with Gasteiger partial charge < -0.3 is 5.32 Å². The van der Waals surface area contributed by atoms with Crippen molar-refractivity contribution in [3.05, 3.63) is 54.2 Å². The summed E-state index contributed by atoms with van der Waals surface area (Å²) in [4.78, 5) is 7.81. The number of halogens is 1. The number of hydrogen-bond donors (Lipinski definition) is 1. The minimum absolute atomic E-state index is 0.485. The summed E-state index contributed by atoms with van der Waals surface area (Å²) in [6.07, 6.45) is 1.72. The van der Waals surface area contributed by atoms with Crippen LogP contribution in [-0.4, -0.2) is 9.97 Å². The van der Waals surface area contributed by atoms with Gasteiger partial charge in [-0.05, 0) is 24.3 Å². The van der Waals surface area contributed by atoms with Crippen molar-refractivity contribution < 1.29 is 4.39 Å². The predicted octanol–water partition coefficient (Wildman–Crippen LogP) is 2.23. The van der Waals surface area contributed by atoms with Crippen LogP contribution in [0.1, 0.15) is 5.69 Å². The molecule has 4 heteroatoms. The zero-order chi connectivity index (χ0) is 10.5. The number of rotatable bonds is 3. The Morgan fingerprint density at radius 3 is 2.80 bits per heavy atom. The van der Waals surface area contributed by atoms with E-state index < -0.39 is 5.95 Å². The van der Waals surface area contributed by atoms with E-state index in [1.54, 1.807) is 18.3 Å². The summed E-state index contributed by atoms with van der Waals surface area (Å²) in [6.45, 7) is 0.539. The fraction of sp³-hybridized carbons (Fsp3) is 0.0909. The summed E-state index contributed by atoms with van der Waals surface area (Å²) in [5, 5.41) is 2.99. The molecule has 0 aliphatic rings. The molecule has 0 bridgehead atoms. The van der Waals surface area contributed by atoms with Crippen molar-refractivity contribution in [3.63, 3.8) is 0 Å². The lowest BCUT2D eigenvalue weighted by atomic mass is 10.3. The lowest BCUT2D eigenvalue weighted by Crippen LogP contribution is -2.03. The molecule has 3 nitrogen and oxygen atoms in total. The van der Waals surface area contributed by atoms with Gasteiger partial charge in [0, 0.05) is 6.20 Å². The van der Waals surface area contributed by atoms with Gasteiger partial charge in [0.1, 0.15) is 5.82 Å². The number of pyridine rings is 2. The van der Waals surface area contributed by atoms with E-state index in [-0.39, 0.29) is 0 Å². The summed E-state index contributed by atoms with van der Waals surface area (Å²) in [6, 6.07) is 10.3. The van der Waals surface area contributed by atoms with Crippen molar-refractivity contribution in [1.29, 1.82) is 0 Å². The topological polar surface area (TPSA) is 37.8 Å². The molecular formula is C11H10FN3. The van der Waals surface area contributed by atoms with Crippen LogP contribution in [0.2, 0.25) is 0 Å². The van der Waals surface area contributed by atoms with Gasteiger partial charge in [-0.15, -0.1) is 0 Å². The van der Waals surface area contributed by atoms with E-state index in [2.05, 4.69) is 15.3 Å². The summed E-state index contributed by atoms with van der Waals surface area (Å²) in [5.74, 6) is 0.0293. The molecule has 0 unspecified atom stereocenters. The molecule has 2 aromatic rings. The van der Waals surface area contributed by atoms with Crippen LogP contribution in [0.25, 0.3) is 0 Å². The summed E-state index contributed by atoms with van der Waals surface area (Å²) >= 11 is 0. The van der Waals surface area contributed by atoms with Crippen LogP contribution < -0.4 is 5.32 Å². The second-order valence-corrected chi connectivity index (χ2v) is 3.02. The Kier molecular flexibility index (Phi) is 2.88. The lowest BCUT2D eigenvalue weighted by Gasteiger charge is -2.04. The first kappa shape index (κ1) is 9.58. The van der Waals surface area contributed by atoms with Gasteiger partial charge in [-0.25, -0.2) is 4.98 Å². The molecule has 0 atom stereocenters. The molecule has 0 aliphatic heterocycles. The van der Waals surface area contributed by atoms with E-state index in [4.69, 9.17) is 0 Å². The van der Waals surface area contributed by atoms with Gasteiger partial charge in [-0.2, -0.15) is 4.39 Å². The van der Waals surface area contributed by atoms with Gasteiger partial charge in [0.25, 0.3) is 0 Å². The van der Waals surface area contributed by atoms with Crippen molar-refractivity contribution in [2.75, 3.05) is 5.32 Å². The molecule has 15 heavy (non-hydrogen) atoms. The Morgan fingerprint density at radius 1 is 1.13 bits per heavy atom. The molecule has 2 rings (SSSR count). The average molecular weight is 203 g/mol. The number of nitrogens with one attached hydrogen (secondary N) is 1. The Labute approximate surface area is 87.0 Å². The summed E-state index contributed by atoms with van der Waals surface area (Å²) in [5.41, 5.74) is 0.892. The van der Waals surface area contributed by atoms with E-state index >= 15 is 0 Å². The van der Waals surface area contributed by atoms with Crippen LogP contribution in [-0.2, 0) is 6.54 Å². The second kappa shape index (κ2) is 4.50. The molecule has 2 aromatic heterocycles. The van der Waals surface area contributed by atoms with E-state index in [0.29, 0.717) is 12.4 Å². The molecule has 0 saturated carbocycles. The smallest absolute Gasteiger partial charge is 0.214 e. The Morgan fingerprint density at radius 2 is 2.07 bits per heavy atom. The first-order chi connectivity index (χ1) is 7.34. The standard InChI is InChI=1S/C11H10FN3/c12-10-5-3-6-11(15-10)14-8-9-4-1-2-7-13-9/h1-7H,8H2,(H,14,15). The first-order valence-electron chi connectivity index (χ1n) is 4.61. The number of aromatic nitrogens is 2. The van der Waals surface area contributed by atoms with E-state index in [1.165, 1.54) is 6.07 Å². The van der Waals surface area contributed by atoms with Crippen LogP contribution >= 0.6 is 0 Å². The zero-order valence-electron chi connectivity index (χ0n) is 8.02. The molecule has 0 spiro atoms. The molecule has 0 aromatic carbocycles. The Balaban J connectivity index is 1.99. The summed E-state index contributed by atoms with van der Waals surface area (Å²) in [7, 11) is 0. The van der Waals surface area contributed by atoms with Crippen LogP contribution in [0.3, 0.4) is 0 Å². The van der Waals surface area contributed by atoms with E-state index in [9.17, 15) is 4.39 Å². The van der Waals surface area contributed by atoms with Crippen LogP contribution in [0.4, 0.5) is 10.2 Å². The Hall–Kier alpha value is -1.97. The minimum atomic E-state index is -0.485. The molecule has 76 valence electrons. The quantitative estimate of drug-likeness (QED) is 0.777. The van der Waals surface area contributed by atoms with Gasteiger partial charge in [-0.3, -0.25) is 4.98 Å². The molecule has 0 radical (unpaired) electrons. The number of nitrogens with zero attached hydrogens (tertiary/aromatic N) is 2. The van der Waals surface area contributed by atoms with Crippen molar-refractivity contribution in [3.8, 4) is 0 Å². The summed E-state index contributed by atoms with van der Waals surface area (Å²) < 4.78 is 12.7. The third kappa shape index (κ3) is 2.74. The van der Waals surface area contributed by atoms with E-state index in [0.717, 1.165) is 5.69 Å². The molecule has 0 saturated heterocycles. The molecule has 0 aliphatic carbocycles. The van der Waals surface area contributed by atoms with Gasteiger partial charge in [-0.1, -0.05) is 12.1 Å². The SMILES string of the molecule is Fc1cccc(NCc2ccccn2)n1.